The van der Waals surface area contributed by atoms with E-state index in [1.54, 1.807) is 31.2 Å². The molecule has 0 fully saturated rings. The molecule has 4 nitrogen and oxygen atoms in total. The van der Waals surface area contributed by atoms with Crippen molar-refractivity contribution in [3.63, 3.8) is 0 Å². The SMILES string of the molecule is CCO[C@@H](Cc1ccc(OCC=CC#Cc2cc(C(F)(F)F)cc(C(F)(F)F)c2)cc1)C(=O)O. The monoisotopic (exact) mass is 486 g/mol. The lowest BCUT2D eigenvalue weighted by Gasteiger charge is -2.12. The minimum atomic E-state index is -4.94. The molecule has 2 rings (SSSR count). The van der Waals surface area contributed by atoms with Gasteiger partial charge >= 0.3 is 18.3 Å². The van der Waals surface area contributed by atoms with Gasteiger partial charge in [0.2, 0.25) is 0 Å². The van der Waals surface area contributed by atoms with E-state index < -0.39 is 41.1 Å². The lowest BCUT2D eigenvalue weighted by molar-refractivity contribution is -0.150. The first kappa shape index (κ1) is 26.8. The second kappa shape index (κ2) is 11.6. The standard InChI is InChI=1S/C24H20F6O4/c1-2-33-21(22(31)32)14-16-7-9-20(10-8-16)34-11-5-3-4-6-17-12-18(23(25,26)27)15-19(13-17)24(28,29)30/h3,5,7-10,12-13,15,21H,2,11,14H2,1H3,(H,31,32)/t21-/m0/s1. The van der Waals surface area contributed by atoms with Crippen molar-refractivity contribution in [1.29, 1.82) is 0 Å². The summed E-state index contributed by atoms with van der Waals surface area (Å²) in [6.07, 6.45) is -7.95. The third-order valence-electron chi connectivity index (χ3n) is 4.34. The van der Waals surface area contributed by atoms with Crippen LogP contribution in [-0.4, -0.2) is 30.4 Å². The molecule has 1 N–H and O–H groups in total. The Hall–Kier alpha value is -3.45. The number of aliphatic carboxylic acids is 1. The highest BCUT2D eigenvalue weighted by Crippen LogP contribution is 2.36. The molecule has 0 bridgehead atoms. The van der Waals surface area contributed by atoms with Crippen LogP contribution >= 0.6 is 0 Å². The van der Waals surface area contributed by atoms with E-state index in [9.17, 15) is 31.1 Å². The van der Waals surface area contributed by atoms with Gasteiger partial charge in [-0.3, -0.25) is 0 Å². The van der Waals surface area contributed by atoms with Crippen molar-refractivity contribution >= 4 is 5.97 Å². The molecule has 0 aliphatic heterocycles. The molecule has 0 aliphatic carbocycles. The van der Waals surface area contributed by atoms with Gasteiger partial charge in [-0.05, 0) is 55.0 Å². The van der Waals surface area contributed by atoms with E-state index in [1.807, 2.05) is 0 Å². The molecule has 182 valence electrons. The van der Waals surface area contributed by atoms with Crippen molar-refractivity contribution in [1.82, 2.24) is 0 Å². The predicted molar refractivity (Wildman–Crippen MR) is 111 cm³/mol. The molecule has 0 heterocycles. The maximum Gasteiger partial charge on any atom is 0.416 e. The molecule has 0 radical (unpaired) electrons. The third-order valence-corrected chi connectivity index (χ3v) is 4.34. The van der Waals surface area contributed by atoms with Gasteiger partial charge in [0.05, 0.1) is 11.1 Å². The number of carbonyl (C=O) groups is 1. The van der Waals surface area contributed by atoms with Crippen LogP contribution in [0.5, 0.6) is 5.75 Å². The Bertz CT molecular complexity index is 1030. The molecular formula is C24H20F6O4. The van der Waals surface area contributed by atoms with Crippen LogP contribution in [0.4, 0.5) is 26.3 Å². The number of hydrogen-bond acceptors (Lipinski definition) is 3. The molecule has 0 spiro atoms. The number of benzene rings is 2. The molecule has 34 heavy (non-hydrogen) atoms. The minimum Gasteiger partial charge on any atom is -0.490 e. The topological polar surface area (TPSA) is 55.8 Å². The van der Waals surface area contributed by atoms with E-state index in [0.717, 1.165) is 5.56 Å². The second-order valence-corrected chi connectivity index (χ2v) is 6.91. The molecule has 2 aromatic rings. The number of allylic oxidation sites excluding steroid dienone is 1. The number of carboxylic acid groups (broad SMARTS) is 1. The number of alkyl halides is 6. The highest BCUT2D eigenvalue weighted by molar-refractivity contribution is 5.72. The van der Waals surface area contributed by atoms with E-state index >= 15 is 0 Å². The van der Waals surface area contributed by atoms with Crippen LogP contribution in [0.3, 0.4) is 0 Å². The van der Waals surface area contributed by atoms with Gasteiger partial charge in [0, 0.05) is 18.6 Å². The van der Waals surface area contributed by atoms with Gasteiger partial charge in [-0.2, -0.15) is 26.3 Å². The number of carboxylic acids is 1. The van der Waals surface area contributed by atoms with Crippen molar-refractivity contribution in [2.45, 2.75) is 31.8 Å². The number of rotatable bonds is 8. The van der Waals surface area contributed by atoms with Gasteiger partial charge in [-0.15, -0.1) is 0 Å². The normalized spacial score (nSPS) is 12.8. The Morgan fingerprint density at radius 1 is 1.03 bits per heavy atom. The van der Waals surface area contributed by atoms with Crippen LogP contribution in [0.2, 0.25) is 0 Å². The van der Waals surface area contributed by atoms with Crippen LogP contribution in [-0.2, 0) is 28.3 Å². The van der Waals surface area contributed by atoms with Gasteiger partial charge < -0.3 is 14.6 Å². The Balaban J connectivity index is 1.97. The number of halogens is 6. The zero-order valence-electron chi connectivity index (χ0n) is 17.8. The molecule has 0 amide bonds. The number of hydrogen-bond donors (Lipinski definition) is 1. The van der Waals surface area contributed by atoms with E-state index in [1.165, 1.54) is 12.2 Å². The van der Waals surface area contributed by atoms with Gasteiger partial charge in [-0.25, -0.2) is 4.79 Å². The molecule has 0 unspecified atom stereocenters. The largest absolute Gasteiger partial charge is 0.490 e. The van der Waals surface area contributed by atoms with Crippen LogP contribution in [0.15, 0.2) is 54.6 Å². The van der Waals surface area contributed by atoms with Gasteiger partial charge in [-0.1, -0.05) is 24.0 Å². The van der Waals surface area contributed by atoms with Crippen molar-refractivity contribution in [3.8, 4) is 17.6 Å². The van der Waals surface area contributed by atoms with Crippen LogP contribution < -0.4 is 4.74 Å². The highest BCUT2D eigenvalue weighted by atomic mass is 19.4. The van der Waals surface area contributed by atoms with E-state index in [4.69, 9.17) is 14.6 Å². The third kappa shape index (κ3) is 8.48. The van der Waals surface area contributed by atoms with E-state index in [-0.39, 0.29) is 25.7 Å². The van der Waals surface area contributed by atoms with Crippen molar-refractivity contribution < 1.29 is 45.7 Å². The Labute approximate surface area is 191 Å². The Morgan fingerprint density at radius 2 is 1.62 bits per heavy atom. The first-order valence-electron chi connectivity index (χ1n) is 9.92. The zero-order chi connectivity index (χ0) is 25.4. The first-order chi connectivity index (χ1) is 15.9. The molecule has 0 aliphatic rings. The Kier molecular flexibility index (Phi) is 9.15. The van der Waals surface area contributed by atoms with Crippen molar-refractivity contribution in [2.75, 3.05) is 13.2 Å². The van der Waals surface area contributed by atoms with E-state index in [2.05, 4.69) is 11.8 Å². The molecule has 10 heteroatoms. The summed E-state index contributed by atoms with van der Waals surface area (Å²) in [5, 5.41) is 9.11. The lowest BCUT2D eigenvalue weighted by Crippen LogP contribution is -2.26. The quantitative estimate of drug-likeness (QED) is 0.382. The highest BCUT2D eigenvalue weighted by Gasteiger charge is 2.36. The van der Waals surface area contributed by atoms with E-state index in [0.29, 0.717) is 17.9 Å². The zero-order valence-corrected chi connectivity index (χ0v) is 17.8. The molecule has 2 aromatic carbocycles. The average molecular weight is 486 g/mol. The smallest absolute Gasteiger partial charge is 0.416 e. The van der Waals surface area contributed by atoms with Gasteiger partial charge in [0.1, 0.15) is 12.4 Å². The summed E-state index contributed by atoms with van der Waals surface area (Å²) < 4.78 is 87.8. The van der Waals surface area contributed by atoms with Crippen LogP contribution in [0, 0.1) is 11.8 Å². The summed E-state index contributed by atoms with van der Waals surface area (Å²) in [5.74, 6) is 4.05. The predicted octanol–water partition coefficient (Wildman–Crippen LogP) is 5.74. The fraction of sp³-hybridized carbons (Fsp3) is 0.292. The molecular weight excluding hydrogens is 466 g/mol. The Morgan fingerprint density at radius 3 is 2.12 bits per heavy atom. The molecule has 0 saturated carbocycles. The van der Waals surface area contributed by atoms with Gasteiger partial charge in [0.25, 0.3) is 0 Å². The number of ether oxygens (including phenoxy) is 2. The second-order valence-electron chi connectivity index (χ2n) is 6.91. The molecule has 0 saturated heterocycles. The fourth-order valence-corrected chi connectivity index (χ4v) is 2.76. The van der Waals surface area contributed by atoms with Crippen molar-refractivity contribution in [2.24, 2.45) is 0 Å². The maximum atomic E-state index is 12.9. The van der Waals surface area contributed by atoms with Gasteiger partial charge in [0.15, 0.2) is 6.10 Å². The summed E-state index contributed by atoms with van der Waals surface area (Å²) in [6.45, 7) is 2.01. The summed E-state index contributed by atoms with van der Waals surface area (Å²) in [7, 11) is 0. The summed E-state index contributed by atoms with van der Waals surface area (Å²) in [4.78, 5) is 11.1. The maximum absolute atomic E-state index is 12.9. The summed E-state index contributed by atoms with van der Waals surface area (Å²) >= 11 is 0. The van der Waals surface area contributed by atoms with Crippen molar-refractivity contribution in [3.05, 3.63) is 76.9 Å². The minimum absolute atomic E-state index is 0.0405. The fourth-order valence-electron chi connectivity index (χ4n) is 2.76. The summed E-state index contributed by atoms with van der Waals surface area (Å²) in [5.41, 5.74) is -2.56. The molecule has 1 atom stereocenters. The first-order valence-corrected chi connectivity index (χ1v) is 9.92. The molecule has 0 aromatic heterocycles. The summed E-state index contributed by atoms with van der Waals surface area (Å²) in [6, 6.07) is 7.75. The average Bonchev–Trinajstić information content (AvgIpc) is 2.75. The lowest BCUT2D eigenvalue weighted by atomic mass is 10.0. The van der Waals surface area contributed by atoms with Crippen LogP contribution in [0.25, 0.3) is 0 Å². The van der Waals surface area contributed by atoms with Crippen LogP contribution in [0.1, 0.15) is 29.2 Å².